The van der Waals surface area contributed by atoms with Gasteiger partial charge < -0.3 is 10.1 Å². The first-order chi connectivity index (χ1) is 9.76. The molecule has 4 atom stereocenters. The number of hydrogen-bond acceptors (Lipinski definition) is 2. The minimum absolute atomic E-state index is 0.159. The Balaban J connectivity index is 2.16. The molecule has 1 fully saturated rings. The predicted octanol–water partition coefficient (Wildman–Crippen LogP) is 4.18. The highest BCUT2D eigenvalue weighted by molar-refractivity contribution is 5.19. The molecule has 1 aromatic rings. The van der Waals surface area contributed by atoms with Crippen LogP contribution in [-0.2, 0) is 4.74 Å². The van der Waals surface area contributed by atoms with Crippen molar-refractivity contribution >= 4 is 0 Å². The smallest absolute Gasteiger partial charge is 0.0976 e. The molecule has 0 saturated heterocycles. The summed E-state index contributed by atoms with van der Waals surface area (Å²) in [7, 11) is 1.84. The molecular formula is C18H29NO. The molecule has 4 unspecified atom stereocenters. The SMILES string of the molecule is CCNC(C1CCCC(C)C1)C(OC)c1ccccc1. The van der Waals surface area contributed by atoms with E-state index in [1.807, 2.05) is 7.11 Å². The van der Waals surface area contributed by atoms with Crippen molar-refractivity contribution in [1.29, 1.82) is 0 Å². The molecule has 2 nitrogen and oxygen atoms in total. The Labute approximate surface area is 123 Å². The Hall–Kier alpha value is -0.860. The van der Waals surface area contributed by atoms with E-state index in [1.54, 1.807) is 0 Å². The maximum absolute atomic E-state index is 5.88. The number of ether oxygens (including phenoxy) is 1. The summed E-state index contributed by atoms with van der Waals surface area (Å²) in [4.78, 5) is 0. The molecule has 1 N–H and O–H groups in total. The highest BCUT2D eigenvalue weighted by Gasteiger charge is 2.32. The predicted molar refractivity (Wildman–Crippen MR) is 84.8 cm³/mol. The molecule has 1 aromatic carbocycles. The third-order valence-corrected chi connectivity index (χ3v) is 4.63. The minimum Gasteiger partial charge on any atom is -0.375 e. The van der Waals surface area contributed by atoms with Gasteiger partial charge in [-0.05, 0) is 36.8 Å². The Bertz CT molecular complexity index is 378. The number of likely N-dealkylation sites (N-methyl/N-ethyl adjacent to an activating group) is 1. The van der Waals surface area contributed by atoms with Crippen molar-refractivity contribution in [3.05, 3.63) is 35.9 Å². The molecular weight excluding hydrogens is 246 g/mol. The van der Waals surface area contributed by atoms with E-state index in [0.717, 1.165) is 18.4 Å². The van der Waals surface area contributed by atoms with Crippen molar-refractivity contribution in [1.82, 2.24) is 5.32 Å². The van der Waals surface area contributed by atoms with Gasteiger partial charge in [0.25, 0.3) is 0 Å². The molecule has 2 heteroatoms. The molecule has 1 aliphatic carbocycles. The largest absolute Gasteiger partial charge is 0.375 e. The minimum atomic E-state index is 0.159. The Morgan fingerprint density at radius 1 is 1.25 bits per heavy atom. The van der Waals surface area contributed by atoms with E-state index in [2.05, 4.69) is 49.5 Å². The third kappa shape index (κ3) is 3.83. The zero-order valence-electron chi connectivity index (χ0n) is 13.1. The number of methoxy groups -OCH3 is 1. The van der Waals surface area contributed by atoms with Crippen molar-refractivity contribution in [2.24, 2.45) is 11.8 Å². The van der Waals surface area contributed by atoms with Crippen molar-refractivity contribution in [2.75, 3.05) is 13.7 Å². The molecule has 20 heavy (non-hydrogen) atoms. The van der Waals surface area contributed by atoms with Gasteiger partial charge in [-0.25, -0.2) is 0 Å². The van der Waals surface area contributed by atoms with Crippen molar-refractivity contribution in [3.8, 4) is 0 Å². The van der Waals surface area contributed by atoms with Crippen LogP contribution in [0.2, 0.25) is 0 Å². The third-order valence-electron chi connectivity index (χ3n) is 4.63. The zero-order chi connectivity index (χ0) is 14.4. The normalized spacial score (nSPS) is 26.1. The van der Waals surface area contributed by atoms with Gasteiger partial charge in [-0.2, -0.15) is 0 Å². The molecule has 0 bridgehead atoms. The summed E-state index contributed by atoms with van der Waals surface area (Å²) in [6.07, 6.45) is 5.56. The van der Waals surface area contributed by atoms with E-state index in [1.165, 1.54) is 31.2 Å². The highest BCUT2D eigenvalue weighted by atomic mass is 16.5. The summed E-state index contributed by atoms with van der Waals surface area (Å²) in [5.74, 6) is 1.58. The van der Waals surface area contributed by atoms with Gasteiger partial charge >= 0.3 is 0 Å². The van der Waals surface area contributed by atoms with E-state index < -0.39 is 0 Å². The van der Waals surface area contributed by atoms with Crippen LogP contribution in [0.1, 0.15) is 51.2 Å². The van der Waals surface area contributed by atoms with Gasteiger partial charge in [0.15, 0.2) is 0 Å². The van der Waals surface area contributed by atoms with E-state index >= 15 is 0 Å². The van der Waals surface area contributed by atoms with Gasteiger partial charge in [-0.1, -0.05) is 57.0 Å². The standard InChI is InChI=1S/C18H29NO/c1-4-19-17(16-12-8-9-14(2)13-16)18(20-3)15-10-6-5-7-11-15/h5-7,10-11,14,16-19H,4,8-9,12-13H2,1-3H3. The second kappa shape index (κ2) is 7.80. The number of rotatable bonds is 6. The molecule has 1 aliphatic rings. The summed E-state index contributed by atoms with van der Waals surface area (Å²) in [6.45, 7) is 5.58. The molecule has 0 aliphatic heterocycles. The maximum atomic E-state index is 5.88. The second-order valence-electron chi connectivity index (χ2n) is 6.18. The zero-order valence-corrected chi connectivity index (χ0v) is 13.1. The van der Waals surface area contributed by atoms with Gasteiger partial charge in [0, 0.05) is 13.2 Å². The van der Waals surface area contributed by atoms with Crippen LogP contribution in [0.25, 0.3) is 0 Å². The van der Waals surface area contributed by atoms with Crippen LogP contribution >= 0.6 is 0 Å². The van der Waals surface area contributed by atoms with Crippen LogP contribution in [-0.4, -0.2) is 19.7 Å². The van der Waals surface area contributed by atoms with Crippen LogP contribution in [0, 0.1) is 11.8 Å². The summed E-state index contributed by atoms with van der Waals surface area (Å²) in [5, 5.41) is 3.70. The highest BCUT2D eigenvalue weighted by Crippen LogP contribution is 2.36. The average Bonchev–Trinajstić information content (AvgIpc) is 2.48. The van der Waals surface area contributed by atoms with Gasteiger partial charge in [0.05, 0.1) is 6.10 Å². The molecule has 0 amide bonds. The lowest BCUT2D eigenvalue weighted by atomic mass is 9.76. The first-order valence-corrected chi connectivity index (χ1v) is 8.07. The maximum Gasteiger partial charge on any atom is 0.0976 e. The number of benzene rings is 1. The fourth-order valence-corrected chi connectivity index (χ4v) is 3.70. The van der Waals surface area contributed by atoms with Crippen LogP contribution in [0.3, 0.4) is 0 Å². The van der Waals surface area contributed by atoms with Gasteiger partial charge in [0.1, 0.15) is 0 Å². The quantitative estimate of drug-likeness (QED) is 0.841. The Kier molecular flexibility index (Phi) is 6.06. The molecule has 0 heterocycles. The second-order valence-corrected chi connectivity index (χ2v) is 6.18. The van der Waals surface area contributed by atoms with E-state index in [0.29, 0.717) is 6.04 Å². The summed E-state index contributed by atoms with van der Waals surface area (Å²) < 4.78 is 5.88. The fourth-order valence-electron chi connectivity index (χ4n) is 3.70. The lowest BCUT2D eigenvalue weighted by Gasteiger charge is -2.38. The summed E-state index contributed by atoms with van der Waals surface area (Å²) >= 11 is 0. The van der Waals surface area contributed by atoms with Crippen LogP contribution in [0.5, 0.6) is 0 Å². The lowest BCUT2D eigenvalue weighted by Crippen LogP contribution is -2.43. The molecule has 2 rings (SSSR count). The molecule has 0 radical (unpaired) electrons. The topological polar surface area (TPSA) is 21.3 Å². The van der Waals surface area contributed by atoms with Crippen molar-refractivity contribution in [3.63, 3.8) is 0 Å². The summed E-state index contributed by atoms with van der Waals surface area (Å²) in [6, 6.07) is 11.1. The molecule has 0 aromatic heterocycles. The molecule has 0 spiro atoms. The van der Waals surface area contributed by atoms with E-state index in [4.69, 9.17) is 4.74 Å². The first-order valence-electron chi connectivity index (χ1n) is 8.07. The van der Waals surface area contributed by atoms with E-state index in [9.17, 15) is 0 Å². The van der Waals surface area contributed by atoms with E-state index in [-0.39, 0.29) is 6.10 Å². The molecule has 1 saturated carbocycles. The monoisotopic (exact) mass is 275 g/mol. The Morgan fingerprint density at radius 3 is 2.60 bits per heavy atom. The van der Waals surface area contributed by atoms with Crippen LogP contribution < -0.4 is 5.32 Å². The number of hydrogen-bond donors (Lipinski definition) is 1. The van der Waals surface area contributed by atoms with Crippen LogP contribution in [0.15, 0.2) is 30.3 Å². The summed E-state index contributed by atoms with van der Waals surface area (Å²) in [5.41, 5.74) is 1.29. The Morgan fingerprint density at radius 2 is 2.00 bits per heavy atom. The number of nitrogens with one attached hydrogen (secondary N) is 1. The fraction of sp³-hybridized carbons (Fsp3) is 0.667. The van der Waals surface area contributed by atoms with Crippen LogP contribution in [0.4, 0.5) is 0 Å². The van der Waals surface area contributed by atoms with Gasteiger partial charge in [-0.3, -0.25) is 0 Å². The molecule has 112 valence electrons. The lowest BCUT2D eigenvalue weighted by molar-refractivity contribution is 0.0341. The van der Waals surface area contributed by atoms with Crippen molar-refractivity contribution in [2.45, 2.75) is 51.7 Å². The average molecular weight is 275 g/mol. The van der Waals surface area contributed by atoms with Crippen molar-refractivity contribution < 1.29 is 4.74 Å². The van der Waals surface area contributed by atoms with Gasteiger partial charge in [0.2, 0.25) is 0 Å². The first kappa shape index (κ1) is 15.5. The van der Waals surface area contributed by atoms with Gasteiger partial charge in [-0.15, -0.1) is 0 Å².